The second kappa shape index (κ2) is 9.34. The van der Waals surface area contributed by atoms with E-state index in [1.54, 1.807) is 37.3 Å². The highest BCUT2D eigenvalue weighted by Gasteiger charge is 2.48. The summed E-state index contributed by atoms with van der Waals surface area (Å²) in [6, 6.07) is 16.7. The molecule has 0 spiro atoms. The van der Waals surface area contributed by atoms with Gasteiger partial charge in [-0.3, -0.25) is 14.5 Å². The van der Waals surface area contributed by atoms with E-state index in [0.717, 1.165) is 10.8 Å². The fraction of sp³-hybridized carbons (Fsp3) is 0.179. The Bertz CT molecular complexity index is 1540. The molecule has 0 bridgehead atoms. The molecule has 3 aromatic carbocycles. The summed E-state index contributed by atoms with van der Waals surface area (Å²) in [5, 5.41) is 17.3. The lowest BCUT2D eigenvalue weighted by atomic mass is 9.94. The van der Waals surface area contributed by atoms with Crippen molar-refractivity contribution in [3.8, 4) is 17.2 Å². The van der Waals surface area contributed by atoms with Crippen LogP contribution in [0.15, 0.2) is 70.8 Å². The number of anilines is 1. The third-order valence-electron chi connectivity index (χ3n) is 6.33. The van der Waals surface area contributed by atoms with Gasteiger partial charge in [0.15, 0.2) is 17.3 Å². The Hall–Kier alpha value is -4.79. The maximum atomic E-state index is 13.4. The SMILES string of the molecule is COc1cc([C@@H]2C(=C(O)c3ccc4ccccc4c3)C(=O)C(=O)N2c2cc(C)on2)cc(OC)c1OC. The van der Waals surface area contributed by atoms with Gasteiger partial charge in [0, 0.05) is 11.6 Å². The number of aryl methyl sites for hydroxylation is 1. The van der Waals surface area contributed by atoms with Gasteiger partial charge >= 0.3 is 5.91 Å². The molecule has 1 aliphatic rings. The molecule has 0 unspecified atom stereocenters. The highest BCUT2D eigenvalue weighted by molar-refractivity contribution is 6.51. The number of aliphatic hydroxyl groups excluding tert-OH is 1. The van der Waals surface area contributed by atoms with Crippen LogP contribution in [0.3, 0.4) is 0 Å². The number of aromatic nitrogens is 1. The van der Waals surface area contributed by atoms with Crippen LogP contribution in [-0.4, -0.2) is 43.3 Å². The molecule has 2 heterocycles. The Kier molecular flexibility index (Phi) is 6.04. The number of aliphatic hydroxyl groups is 1. The van der Waals surface area contributed by atoms with Gasteiger partial charge in [-0.05, 0) is 41.5 Å². The average molecular weight is 501 g/mol. The summed E-state index contributed by atoms with van der Waals surface area (Å²) >= 11 is 0. The number of amides is 1. The molecule has 0 radical (unpaired) electrons. The van der Waals surface area contributed by atoms with Crippen LogP contribution in [-0.2, 0) is 9.59 Å². The quantitative estimate of drug-likeness (QED) is 0.229. The number of ether oxygens (including phenoxy) is 3. The predicted molar refractivity (Wildman–Crippen MR) is 136 cm³/mol. The summed E-state index contributed by atoms with van der Waals surface area (Å²) in [7, 11) is 4.41. The van der Waals surface area contributed by atoms with E-state index in [0.29, 0.717) is 34.1 Å². The number of ketones is 1. The first-order chi connectivity index (χ1) is 17.9. The van der Waals surface area contributed by atoms with E-state index in [4.69, 9.17) is 18.7 Å². The first kappa shape index (κ1) is 23.9. The van der Waals surface area contributed by atoms with Crippen LogP contribution >= 0.6 is 0 Å². The van der Waals surface area contributed by atoms with Crippen molar-refractivity contribution in [1.29, 1.82) is 0 Å². The lowest BCUT2D eigenvalue weighted by Crippen LogP contribution is -2.29. The van der Waals surface area contributed by atoms with Crippen LogP contribution in [0.2, 0.25) is 0 Å². The average Bonchev–Trinajstić information content (AvgIpc) is 3.46. The molecule has 0 saturated carbocycles. The number of rotatable bonds is 6. The number of benzene rings is 3. The second-order valence-electron chi connectivity index (χ2n) is 8.49. The monoisotopic (exact) mass is 500 g/mol. The van der Waals surface area contributed by atoms with Gasteiger partial charge in [-0.1, -0.05) is 41.6 Å². The largest absolute Gasteiger partial charge is 0.507 e. The number of nitrogens with zero attached hydrogens (tertiary/aromatic N) is 2. The number of carbonyl (C=O) groups is 2. The Labute approximate surface area is 212 Å². The van der Waals surface area contributed by atoms with E-state index in [1.165, 1.54) is 26.2 Å². The molecule has 1 fully saturated rings. The van der Waals surface area contributed by atoms with Crippen LogP contribution in [0.5, 0.6) is 17.2 Å². The van der Waals surface area contributed by atoms with Gasteiger partial charge in [0.1, 0.15) is 11.5 Å². The number of carbonyl (C=O) groups excluding carboxylic acids is 2. The summed E-state index contributed by atoms with van der Waals surface area (Å²) in [5.74, 6) is -0.442. The summed E-state index contributed by atoms with van der Waals surface area (Å²) in [4.78, 5) is 28.0. The highest BCUT2D eigenvalue weighted by Crippen LogP contribution is 2.47. The second-order valence-corrected chi connectivity index (χ2v) is 8.49. The molecule has 1 atom stereocenters. The van der Waals surface area contributed by atoms with Gasteiger partial charge in [0.25, 0.3) is 5.78 Å². The minimum atomic E-state index is -1.05. The van der Waals surface area contributed by atoms with Crippen molar-refractivity contribution in [2.24, 2.45) is 0 Å². The van der Waals surface area contributed by atoms with E-state index in [1.807, 2.05) is 30.3 Å². The molecule has 1 N–H and O–H groups in total. The predicted octanol–water partition coefficient (Wildman–Crippen LogP) is 4.79. The van der Waals surface area contributed by atoms with Gasteiger partial charge in [-0.25, -0.2) is 0 Å². The van der Waals surface area contributed by atoms with Crippen LogP contribution in [0.4, 0.5) is 5.82 Å². The van der Waals surface area contributed by atoms with Crippen molar-refractivity contribution >= 4 is 34.0 Å². The minimum absolute atomic E-state index is 0.102. The smallest absolute Gasteiger partial charge is 0.301 e. The number of Topliss-reactive ketones (excluding diaryl/α,β-unsaturated/α-hetero) is 1. The summed E-state index contributed by atoms with van der Waals surface area (Å²) in [6.07, 6.45) is 0. The zero-order valence-corrected chi connectivity index (χ0v) is 20.6. The van der Waals surface area contributed by atoms with Crippen molar-refractivity contribution in [3.05, 3.63) is 83.1 Å². The summed E-state index contributed by atoms with van der Waals surface area (Å²) < 4.78 is 21.6. The van der Waals surface area contributed by atoms with Crippen LogP contribution in [0.25, 0.3) is 16.5 Å². The van der Waals surface area contributed by atoms with E-state index in [-0.39, 0.29) is 17.2 Å². The minimum Gasteiger partial charge on any atom is -0.507 e. The number of hydrogen-bond donors (Lipinski definition) is 1. The van der Waals surface area contributed by atoms with Gasteiger partial charge in [-0.2, -0.15) is 0 Å². The molecule has 4 aromatic rings. The lowest BCUT2D eigenvalue weighted by Gasteiger charge is -2.24. The van der Waals surface area contributed by atoms with E-state index < -0.39 is 17.7 Å². The van der Waals surface area contributed by atoms with Gasteiger partial charge < -0.3 is 23.8 Å². The van der Waals surface area contributed by atoms with Gasteiger partial charge in [-0.15, -0.1) is 0 Å². The Balaban J connectivity index is 1.77. The Morgan fingerprint density at radius 1 is 0.919 bits per heavy atom. The topological polar surface area (TPSA) is 111 Å². The summed E-state index contributed by atoms with van der Waals surface area (Å²) in [6.45, 7) is 1.68. The molecule has 9 heteroatoms. The molecule has 1 aliphatic heterocycles. The third-order valence-corrected chi connectivity index (χ3v) is 6.33. The normalized spacial score (nSPS) is 16.9. The molecule has 1 aromatic heterocycles. The van der Waals surface area contributed by atoms with Crippen molar-refractivity contribution in [1.82, 2.24) is 5.16 Å². The molecule has 5 rings (SSSR count). The van der Waals surface area contributed by atoms with Gasteiger partial charge in [0.2, 0.25) is 5.75 Å². The number of methoxy groups -OCH3 is 3. The Morgan fingerprint density at radius 3 is 2.19 bits per heavy atom. The maximum Gasteiger partial charge on any atom is 0.301 e. The van der Waals surface area contributed by atoms with Gasteiger partial charge in [0.05, 0.1) is 32.9 Å². The van der Waals surface area contributed by atoms with E-state index in [2.05, 4.69) is 5.16 Å². The Morgan fingerprint density at radius 2 is 1.59 bits per heavy atom. The fourth-order valence-electron chi connectivity index (χ4n) is 4.60. The zero-order chi connectivity index (χ0) is 26.3. The maximum absolute atomic E-state index is 13.4. The molecule has 188 valence electrons. The third kappa shape index (κ3) is 3.94. The fourth-order valence-corrected chi connectivity index (χ4v) is 4.60. The molecule has 1 amide bonds. The van der Waals surface area contributed by atoms with E-state index in [9.17, 15) is 14.7 Å². The molecular weight excluding hydrogens is 476 g/mol. The van der Waals surface area contributed by atoms with Crippen LogP contribution in [0.1, 0.15) is 22.9 Å². The molecule has 0 aliphatic carbocycles. The molecule has 37 heavy (non-hydrogen) atoms. The van der Waals surface area contributed by atoms with Crippen molar-refractivity contribution < 1.29 is 33.4 Å². The summed E-state index contributed by atoms with van der Waals surface area (Å²) in [5.41, 5.74) is 0.734. The first-order valence-corrected chi connectivity index (χ1v) is 11.4. The van der Waals surface area contributed by atoms with Crippen LogP contribution in [0, 0.1) is 6.92 Å². The van der Waals surface area contributed by atoms with E-state index >= 15 is 0 Å². The zero-order valence-electron chi connectivity index (χ0n) is 20.6. The molecule has 1 saturated heterocycles. The standard InChI is InChI=1S/C28H24N2O7/c1-15-11-22(29-37-15)30-24(19-13-20(34-2)27(36-4)21(14-19)35-3)23(26(32)28(30)33)25(31)18-10-9-16-7-5-6-8-17(16)12-18/h5-14,24,31H,1-4H3/t24-/m1/s1. The first-order valence-electron chi connectivity index (χ1n) is 11.4. The molecule has 9 nitrogen and oxygen atoms in total. The van der Waals surface area contributed by atoms with Crippen molar-refractivity contribution in [2.75, 3.05) is 26.2 Å². The van der Waals surface area contributed by atoms with Crippen molar-refractivity contribution in [3.63, 3.8) is 0 Å². The highest BCUT2D eigenvalue weighted by atomic mass is 16.5. The lowest BCUT2D eigenvalue weighted by molar-refractivity contribution is -0.132. The van der Waals surface area contributed by atoms with Crippen LogP contribution < -0.4 is 19.1 Å². The number of fused-ring (bicyclic) bond motifs is 1. The van der Waals surface area contributed by atoms with Crippen molar-refractivity contribution in [2.45, 2.75) is 13.0 Å². The molecular formula is C28H24N2O7. The number of hydrogen-bond acceptors (Lipinski definition) is 8.